The Labute approximate surface area is 152 Å². The Bertz CT molecular complexity index is 380. The van der Waals surface area contributed by atoms with Gasteiger partial charge in [-0.15, -0.1) is 5.59 Å². The Morgan fingerprint density at radius 1 is 1.25 bits per heavy atom. The van der Waals surface area contributed by atoms with Crippen LogP contribution < -0.4 is 5.59 Å². The molecule has 0 bridgehead atoms. The van der Waals surface area contributed by atoms with Crippen LogP contribution in [0.15, 0.2) is 0 Å². The summed E-state index contributed by atoms with van der Waals surface area (Å²) in [5.74, 6) is 1.62. The van der Waals surface area contributed by atoms with Gasteiger partial charge >= 0.3 is 0 Å². The molecule has 1 fully saturated rings. The van der Waals surface area contributed by atoms with Gasteiger partial charge in [0, 0.05) is 20.0 Å². The minimum atomic E-state index is -0.0406. The Morgan fingerprint density at radius 2 is 1.96 bits per heavy atom. The fraction of sp³-hybridized carbons (Fsp3) is 0.875. The maximum atomic E-state index is 12.4. The van der Waals surface area contributed by atoms with Crippen molar-refractivity contribution in [1.82, 2.24) is 15.3 Å². The van der Waals surface area contributed by atoms with Gasteiger partial charge in [0.1, 0.15) is 0 Å². The molecule has 1 N–H and O–H groups in total. The summed E-state index contributed by atoms with van der Waals surface area (Å²) in [6.07, 6.45) is 7.26. The van der Waals surface area contributed by atoms with Gasteiger partial charge in [0.2, 0.25) is 11.8 Å². The van der Waals surface area contributed by atoms with Crippen LogP contribution in [0.2, 0.25) is 0 Å². The fourth-order valence-corrected chi connectivity index (χ4v) is 3.65. The molecule has 2 amide bonds. The van der Waals surface area contributed by atoms with Gasteiger partial charge in [-0.2, -0.15) is 11.8 Å². The van der Waals surface area contributed by atoms with Crippen molar-refractivity contribution in [3.63, 3.8) is 0 Å². The van der Waals surface area contributed by atoms with Crippen LogP contribution in [0.25, 0.3) is 0 Å². The van der Waals surface area contributed by atoms with Crippen LogP contribution in [0.3, 0.4) is 0 Å². The number of hydrogen-bond donors (Lipinski definition) is 1. The Hall–Kier alpha value is -0.200. The zero-order chi connectivity index (χ0) is 17.8. The lowest BCUT2D eigenvalue weighted by Gasteiger charge is -2.28. The molecule has 8 heteroatoms. The van der Waals surface area contributed by atoms with E-state index in [-0.39, 0.29) is 11.8 Å². The average molecular weight is 377 g/mol. The summed E-state index contributed by atoms with van der Waals surface area (Å²) in [6, 6.07) is 0. The minimum Gasteiger partial charge on any atom is -0.287 e. The Morgan fingerprint density at radius 3 is 2.58 bits per heavy atom. The van der Waals surface area contributed by atoms with Crippen LogP contribution in [0, 0.1) is 5.92 Å². The highest BCUT2D eigenvalue weighted by atomic mass is 32.2. The number of hydrazine groups is 1. The molecule has 1 saturated carbocycles. The lowest BCUT2D eigenvalue weighted by Crippen LogP contribution is -2.41. The molecule has 0 aromatic rings. The lowest BCUT2D eigenvalue weighted by molar-refractivity contribution is -0.144. The molecule has 0 saturated heterocycles. The summed E-state index contributed by atoms with van der Waals surface area (Å²) in [6.45, 7) is 3.02. The molecular formula is C16H32N3O3PS. The molecule has 0 aliphatic heterocycles. The number of carbonyl (C=O) groups is 2. The molecule has 0 radical (unpaired) electrons. The zero-order valence-corrected chi connectivity index (χ0v) is 16.9. The van der Waals surface area contributed by atoms with Gasteiger partial charge in [0.25, 0.3) is 0 Å². The van der Waals surface area contributed by atoms with Crippen LogP contribution in [-0.2, 0) is 14.4 Å². The van der Waals surface area contributed by atoms with Gasteiger partial charge in [-0.05, 0) is 40.3 Å². The maximum absolute atomic E-state index is 12.4. The molecule has 1 rings (SSSR count). The number of rotatable bonds is 11. The molecule has 1 atom stereocenters. The van der Waals surface area contributed by atoms with Crippen LogP contribution in [-0.4, -0.2) is 53.2 Å². The Kier molecular flexibility index (Phi) is 11.9. The number of carbonyl (C=O) groups excluding carboxylic acids is 2. The second-order valence-corrected chi connectivity index (χ2v) is 8.09. The van der Waals surface area contributed by atoms with Crippen molar-refractivity contribution in [2.75, 3.05) is 31.7 Å². The van der Waals surface area contributed by atoms with Crippen molar-refractivity contribution in [3.05, 3.63) is 0 Å². The third-order valence-corrected chi connectivity index (χ3v) is 5.17. The quantitative estimate of drug-likeness (QED) is 0.339. The number of hydrogen-bond acceptors (Lipinski definition) is 6. The van der Waals surface area contributed by atoms with E-state index in [1.54, 1.807) is 16.5 Å². The predicted octanol–water partition coefficient (Wildman–Crippen LogP) is 2.61. The number of imide groups is 1. The largest absolute Gasteiger partial charge is 0.287 e. The maximum Gasteiger partial charge on any atom is 0.239 e. The van der Waals surface area contributed by atoms with E-state index in [2.05, 4.69) is 15.0 Å². The highest BCUT2D eigenvalue weighted by molar-refractivity contribution is 7.99. The first kappa shape index (κ1) is 21.8. The van der Waals surface area contributed by atoms with Gasteiger partial charge in [-0.1, -0.05) is 26.2 Å². The van der Waals surface area contributed by atoms with Crippen LogP contribution in [0.4, 0.5) is 0 Å². The third kappa shape index (κ3) is 9.33. The highest BCUT2D eigenvalue weighted by Crippen LogP contribution is 2.25. The molecule has 0 aromatic carbocycles. The normalized spacial score (nSPS) is 15.7. The zero-order valence-electron chi connectivity index (χ0n) is 15.0. The molecule has 24 heavy (non-hydrogen) atoms. The first-order valence-corrected chi connectivity index (χ1v) is 10.5. The second kappa shape index (κ2) is 13.1. The SMILES string of the molecule is CCC(=O)N(CC1CCCCC1)C(=O)CSCCCONN(C)P. The molecule has 1 aliphatic carbocycles. The van der Waals surface area contributed by atoms with Gasteiger partial charge in [0.05, 0.1) is 12.4 Å². The van der Waals surface area contributed by atoms with Crippen LogP contribution in [0.1, 0.15) is 51.9 Å². The van der Waals surface area contributed by atoms with Crippen molar-refractivity contribution in [2.24, 2.45) is 5.92 Å². The molecule has 1 unspecified atom stereocenters. The van der Waals surface area contributed by atoms with Crippen LogP contribution in [0.5, 0.6) is 0 Å². The highest BCUT2D eigenvalue weighted by Gasteiger charge is 2.24. The molecule has 0 aromatic heterocycles. The molecule has 0 heterocycles. The smallest absolute Gasteiger partial charge is 0.239 e. The van der Waals surface area contributed by atoms with E-state index in [0.717, 1.165) is 25.0 Å². The lowest BCUT2D eigenvalue weighted by atomic mass is 9.89. The first-order chi connectivity index (χ1) is 11.5. The molecule has 6 nitrogen and oxygen atoms in total. The summed E-state index contributed by atoms with van der Waals surface area (Å²) >= 11 is 1.57. The Balaban J connectivity index is 2.27. The topological polar surface area (TPSA) is 61.9 Å². The van der Waals surface area contributed by atoms with Crippen molar-refractivity contribution < 1.29 is 14.4 Å². The van der Waals surface area contributed by atoms with E-state index in [1.165, 1.54) is 24.2 Å². The molecule has 1 aliphatic rings. The summed E-state index contributed by atoms with van der Waals surface area (Å²) < 4.78 is 1.65. The van der Waals surface area contributed by atoms with Crippen molar-refractivity contribution >= 4 is 33.0 Å². The van der Waals surface area contributed by atoms with Crippen molar-refractivity contribution in [1.29, 1.82) is 0 Å². The van der Waals surface area contributed by atoms with E-state index in [0.29, 0.717) is 31.2 Å². The van der Waals surface area contributed by atoms with Gasteiger partial charge in [-0.3, -0.25) is 19.3 Å². The standard InChI is InChI=1S/C16H32N3O3PS/c1-3-15(20)19(12-14-8-5-4-6-9-14)16(21)13-24-11-7-10-22-17-18(2)23/h14,17H,3-13,23H2,1-2H3. The van der Waals surface area contributed by atoms with Crippen molar-refractivity contribution in [3.8, 4) is 0 Å². The summed E-state index contributed by atoms with van der Waals surface area (Å²) in [7, 11) is 4.26. The predicted molar refractivity (Wildman–Crippen MR) is 102 cm³/mol. The number of amides is 2. The van der Waals surface area contributed by atoms with Gasteiger partial charge < -0.3 is 0 Å². The molecule has 140 valence electrons. The van der Waals surface area contributed by atoms with Gasteiger partial charge in [-0.25, -0.2) is 4.78 Å². The summed E-state index contributed by atoms with van der Waals surface area (Å²) in [5.41, 5.74) is 2.70. The van der Waals surface area contributed by atoms with E-state index < -0.39 is 0 Å². The van der Waals surface area contributed by atoms with E-state index in [4.69, 9.17) is 4.84 Å². The number of thioether (sulfide) groups is 1. The minimum absolute atomic E-state index is 0.0396. The average Bonchev–Trinajstić information content (AvgIpc) is 2.58. The summed E-state index contributed by atoms with van der Waals surface area (Å²) in [5, 5.41) is 0. The van der Waals surface area contributed by atoms with E-state index in [9.17, 15) is 9.59 Å². The van der Waals surface area contributed by atoms with E-state index >= 15 is 0 Å². The third-order valence-electron chi connectivity index (χ3n) is 4.04. The number of nitrogens with zero attached hydrogens (tertiary/aromatic N) is 2. The van der Waals surface area contributed by atoms with Crippen LogP contribution >= 0.6 is 21.2 Å². The summed E-state index contributed by atoms with van der Waals surface area (Å²) in [4.78, 5) is 31.3. The number of nitrogens with one attached hydrogen (secondary N) is 1. The monoisotopic (exact) mass is 377 g/mol. The molecule has 0 spiro atoms. The molecular weight excluding hydrogens is 345 g/mol. The van der Waals surface area contributed by atoms with Crippen molar-refractivity contribution in [2.45, 2.75) is 51.9 Å². The second-order valence-electron chi connectivity index (χ2n) is 6.21. The fourth-order valence-electron chi connectivity index (χ4n) is 2.78. The first-order valence-electron chi connectivity index (χ1n) is 8.81. The van der Waals surface area contributed by atoms with Gasteiger partial charge in [0.15, 0.2) is 0 Å². The van der Waals surface area contributed by atoms with E-state index in [1.807, 2.05) is 14.0 Å².